The highest BCUT2D eigenvalue weighted by molar-refractivity contribution is 6.30. The fraction of sp³-hybridized carbons (Fsp3) is 0.400. The lowest BCUT2D eigenvalue weighted by Gasteiger charge is -2.15. The predicted molar refractivity (Wildman–Crippen MR) is 53.4 cm³/mol. The zero-order valence-corrected chi connectivity index (χ0v) is 8.91. The van der Waals surface area contributed by atoms with Gasteiger partial charge in [-0.05, 0) is 25.7 Å². The molecule has 0 N–H and O–H groups in total. The lowest BCUT2D eigenvalue weighted by molar-refractivity contribution is 0.331. The fourth-order valence-electron chi connectivity index (χ4n) is 1.10. The number of hydrogen-bond donors (Lipinski definition) is 0. The van der Waals surface area contributed by atoms with Crippen LogP contribution in [0, 0.1) is 11.6 Å². The van der Waals surface area contributed by atoms with Crippen molar-refractivity contribution in [2.75, 3.05) is 13.6 Å². The Balaban J connectivity index is 3.00. The lowest BCUT2D eigenvalue weighted by Crippen LogP contribution is -2.18. The van der Waals surface area contributed by atoms with Crippen molar-refractivity contribution >= 4 is 11.6 Å². The van der Waals surface area contributed by atoms with Crippen molar-refractivity contribution in [3.63, 3.8) is 0 Å². The van der Waals surface area contributed by atoms with E-state index < -0.39 is 11.6 Å². The molecule has 0 saturated carbocycles. The second kappa shape index (κ2) is 4.71. The van der Waals surface area contributed by atoms with Crippen LogP contribution in [0.1, 0.15) is 12.5 Å². The third kappa shape index (κ3) is 2.42. The first-order valence-electron chi connectivity index (χ1n) is 4.37. The van der Waals surface area contributed by atoms with Crippen LogP contribution in [0.4, 0.5) is 8.78 Å². The van der Waals surface area contributed by atoms with Crippen molar-refractivity contribution in [3.05, 3.63) is 34.4 Å². The van der Waals surface area contributed by atoms with Gasteiger partial charge in [0.15, 0.2) is 0 Å². The number of halogens is 3. The third-order valence-corrected chi connectivity index (χ3v) is 2.40. The van der Waals surface area contributed by atoms with E-state index in [0.29, 0.717) is 0 Å². The molecule has 1 aromatic rings. The standard InChI is InChI=1S/C10H12ClF2N/c1-3-14(2)6-7-9(12)5-4-8(11)10(7)13/h4-5H,3,6H2,1-2H3. The molecule has 0 aliphatic carbocycles. The fourth-order valence-corrected chi connectivity index (χ4v) is 1.27. The molecule has 1 rings (SSSR count). The SMILES string of the molecule is CCN(C)Cc1c(F)ccc(Cl)c1F. The van der Waals surface area contributed by atoms with Crippen LogP contribution in [-0.4, -0.2) is 18.5 Å². The largest absolute Gasteiger partial charge is 0.302 e. The summed E-state index contributed by atoms with van der Waals surface area (Å²) in [5, 5.41) is -0.0362. The molecule has 0 heterocycles. The normalized spacial score (nSPS) is 11.0. The van der Waals surface area contributed by atoms with Crippen LogP contribution in [-0.2, 0) is 6.54 Å². The molecule has 0 radical (unpaired) electrons. The Bertz CT molecular complexity index is 328. The number of rotatable bonds is 3. The number of nitrogens with zero attached hydrogens (tertiary/aromatic N) is 1. The Morgan fingerprint density at radius 2 is 2.00 bits per heavy atom. The van der Waals surface area contributed by atoms with Crippen LogP contribution >= 0.6 is 11.6 Å². The van der Waals surface area contributed by atoms with Crippen LogP contribution in [0.25, 0.3) is 0 Å². The zero-order valence-electron chi connectivity index (χ0n) is 8.15. The van der Waals surface area contributed by atoms with E-state index in [1.54, 1.807) is 11.9 Å². The average Bonchev–Trinajstić information content (AvgIpc) is 2.18. The van der Waals surface area contributed by atoms with Gasteiger partial charge in [0.1, 0.15) is 11.6 Å². The topological polar surface area (TPSA) is 3.24 Å². The minimum atomic E-state index is -0.660. The lowest BCUT2D eigenvalue weighted by atomic mass is 10.2. The van der Waals surface area contributed by atoms with Crippen molar-refractivity contribution in [1.82, 2.24) is 4.90 Å². The van der Waals surface area contributed by atoms with Crippen molar-refractivity contribution < 1.29 is 8.78 Å². The first-order chi connectivity index (χ1) is 6.56. The third-order valence-electron chi connectivity index (χ3n) is 2.11. The van der Waals surface area contributed by atoms with Crippen molar-refractivity contribution in [3.8, 4) is 0 Å². The Hall–Kier alpha value is -0.670. The summed E-state index contributed by atoms with van der Waals surface area (Å²) in [6, 6.07) is 2.41. The van der Waals surface area contributed by atoms with Gasteiger partial charge in [-0.3, -0.25) is 0 Å². The van der Waals surface area contributed by atoms with E-state index in [9.17, 15) is 8.78 Å². The zero-order chi connectivity index (χ0) is 10.7. The van der Waals surface area contributed by atoms with Crippen molar-refractivity contribution in [2.45, 2.75) is 13.5 Å². The van der Waals surface area contributed by atoms with Crippen LogP contribution in [0.15, 0.2) is 12.1 Å². The molecule has 0 bridgehead atoms. The first-order valence-corrected chi connectivity index (χ1v) is 4.75. The van der Waals surface area contributed by atoms with Gasteiger partial charge < -0.3 is 4.90 Å². The Labute approximate surface area is 87.3 Å². The summed E-state index contributed by atoms with van der Waals surface area (Å²) in [6.07, 6.45) is 0. The van der Waals surface area contributed by atoms with E-state index in [-0.39, 0.29) is 17.1 Å². The quantitative estimate of drug-likeness (QED) is 0.707. The maximum absolute atomic E-state index is 13.4. The van der Waals surface area contributed by atoms with Gasteiger partial charge in [-0.2, -0.15) is 0 Å². The molecule has 1 nitrogen and oxygen atoms in total. The van der Waals surface area contributed by atoms with E-state index in [1.165, 1.54) is 12.1 Å². The molecule has 0 spiro atoms. The molecular weight excluding hydrogens is 208 g/mol. The summed E-state index contributed by atoms with van der Waals surface area (Å²) in [6.45, 7) is 2.88. The highest BCUT2D eigenvalue weighted by Gasteiger charge is 2.13. The molecule has 14 heavy (non-hydrogen) atoms. The van der Waals surface area contributed by atoms with E-state index in [0.717, 1.165) is 6.54 Å². The summed E-state index contributed by atoms with van der Waals surface area (Å²) in [7, 11) is 1.79. The smallest absolute Gasteiger partial charge is 0.149 e. The molecule has 0 aromatic heterocycles. The highest BCUT2D eigenvalue weighted by atomic mass is 35.5. The van der Waals surface area contributed by atoms with Crippen molar-refractivity contribution in [1.29, 1.82) is 0 Å². The second-order valence-electron chi connectivity index (χ2n) is 3.15. The summed E-state index contributed by atoms with van der Waals surface area (Å²) in [4.78, 5) is 1.80. The first kappa shape index (κ1) is 11.4. The minimum absolute atomic E-state index is 0.0295. The van der Waals surface area contributed by atoms with Crippen LogP contribution in [0.5, 0.6) is 0 Å². The van der Waals surface area contributed by atoms with E-state index >= 15 is 0 Å². The monoisotopic (exact) mass is 219 g/mol. The Morgan fingerprint density at radius 1 is 1.36 bits per heavy atom. The van der Waals surface area contributed by atoms with E-state index in [2.05, 4.69) is 0 Å². The molecule has 0 unspecified atom stereocenters. The summed E-state index contributed by atoms with van der Waals surface area (Å²) in [5.41, 5.74) is 0.0295. The van der Waals surface area contributed by atoms with Crippen molar-refractivity contribution in [2.24, 2.45) is 0 Å². The molecule has 0 fully saturated rings. The minimum Gasteiger partial charge on any atom is -0.302 e. The van der Waals surface area contributed by atoms with Gasteiger partial charge in [0.05, 0.1) is 5.02 Å². The van der Waals surface area contributed by atoms with Gasteiger partial charge in [0.25, 0.3) is 0 Å². The molecule has 0 atom stereocenters. The van der Waals surface area contributed by atoms with Gasteiger partial charge in [-0.1, -0.05) is 18.5 Å². The van der Waals surface area contributed by atoms with E-state index in [1.807, 2.05) is 6.92 Å². The molecule has 0 aliphatic rings. The van der Waals surface area contributed by atoms with Gasteiger partial charge in [0.2, 0.25) is 0 Å². The van der Waals surface area contributed by atoms with Crippen LogP contribution in [0.2, 0.25) is 5.02 Å². The van der Waals surface area contributed by atoms with Gasteiger partial charge in [-0.25, -0.2) is 8.78 Å². The molecule has 0 aliphatic heterocycles. The second-order valence-corrected chi connectivity index (χ2v) is 3.56. The summed E-state index contributed by atoms with van der Waals surface area (Å²) >= 11 is 5.55. The molecule has 1 aromatic carbocycles. The van der Waals surface area contributed by atoms with E-state index in [4.69, 9.17) is 11.6 Å². The maximum Gasteiger partial charge on any atom is 0.149 e. The maximum atomic E-state index is 13.4. The van der Waals surface area contributed by atoms with Gasteiger partial charge in [-0.15, -0.1) is 0 Å². The summed E-state index contributed by atoms with van der Waals surface area (Å²) in [5.74, 6) is -1.21. The summed E-state index contributed by atoms with van der Waals surface area (Å²) < 4.78 is 26.6. The van der Waals surface area contributed by atoms with Crippen LogP contribution < -0.4 is 0 Å². The highest BCUT2D eigenvalue weighted by Crippen LogP contribution is 2.21. The molecular formula is C10H12ClF2N. The predicted octanol–water partition coefficient (Wildman–Crippen LogP) is 3.07. The Kier molecular flexibility index (Phi) is 3.84. The molecule has 0 amide bonds. The molecule has 4 heteroatoms. The average molecular weight is 220 g/mol. The number of benzene rings is 1. The van der Waals surface area contributed by atoms with Gasteiger partial charge in [0, 0.05) is 12.1 Å². The van der Waals surface area contributed by atoms with Gasteiger partial charge >= 0.3 is 0 Å². The number of hydrogen-bond acceptors (Lipinski definition) is 1. The molecule has 78 valence electrons. The van der Waals surface area contributed by atoms with Crippen LogP contribution in [0.3, 0.4) is 0 Å². The molecule has 0 saturated heterocycles. The Morgan fingerprint density at radius 3 is 2.57 bits per heavy atom.